The summed E-state index contributed by atoms with van der Waals surface area (Å²) in [7, 11) is 0. The van der Waals surface area contributed by atoms with Crippen LogP contribution in [0.3, 0.4) is 0 Å². The van der Waals surface area contributed by atoms with Gasteiger partial charge >= 0.3 is 0 Å². The maximum atomic E-state index is 2.53. The van der Waals surface area contributed by atoms with Crippen LogP contribution in [-0.2, 0) is 0 Å². The van der Waals surface area contributed by atoms with Crippen LogP contribution in [0.2, 0.25) is 0 Å². The molecule has 0 aromatic carbocycles. The zero-order valence-electron chi connectivity index (χ0n) is 8.56. The second-order valence-electron chi connectivity index (χ2n) is 3.33. The molecular weight excluding hydrogens is 134 g/mol. The summed E-state index contributed by atoms with van der Waals surface area (Å²) in [6, 6.07) is 0.861. The summed E-state index contributed by atoms with van der Waals surface area (Å²) in [4.78, 5) is 2.53. The first-order valence-electron chi connectivity index (χ1n) is 5.00. The van der Waals surface area contributed by atoms with Gasteiger partial charge in [-0.3, -0.25) is 0 Å². The summed E-state index contributed by atoms with van der Waals surface area (Å²) < 4.78 is 0. The highest BCUT2D eigenvalue weighted by atomic mass is 15.2. The highest BCUT2D eigenvalue weighted by molar-refractivity contribution is 4.72. The Morgan fingerprint density at radius 1 is 1.27 bits per heavy atom. The first kappa shape index (κ1) is 11.0. The smallest absolute Gasteiger partial charge is 0.00672 e. The van der Waals surface area contributed by atoms with Crippen molar-refractivity contribution in [2.75, 3.05) is 13.1 Å². The largest absolute Gasteiger partial charge is 0.301 e. The minimum Gasteiger partial charge on any atom is -0.301 e. The van der Waals surface area contributed by atoms with E-state index in [1.165, 1.54) is 32.4 Å². The highest BCUT2D eigenvalue weighted by Gasteiger charge is 2.16. The van der Waals surface area contributed by atoms with Gasteiger partial charge in [0.2, 0.25) is 0 Å². The van der Waals surface area contributed by atoms with Gasteiger partial charge in [0.15, 0.2) is 0 Å². The molecule has 0 bridgehead atoms. The third kappa shape index (κ3) is 4.41. The first-order valence-corrected chi connectivity index (χ1v) is 5.00. The summed E-state index contributed by atoms with van der Waals surface area (Å²) >= 11 is 0. The first-order chi connectivity index (χ1) is 5.26. The van der Waals surface area contributed by atoms with E-state index in [0.717, 1.165) is 6.04 Å². The van der Waals surface area contributed by atoms with Crippen LogP contribution in [0.15, 0.2) is 0 Å². The maximum Gasteiger partial charge on any atom is 0.00672 e. The Balaban J connectivity index is 0.000000292. The third-order valence-corrected chi connectivity index (χ3v) is 2.10. The molecular formula is C10H23N. The molecule has 0 amide bonds. The zero-order valence-corrected chi connectivity index (χ0v) is 8.56. The van der Waals surface area contributed by atoms with Crippen LogP contribution >= 0.6 is 0 Å². The van der Waals surface area contributed by atoms with E-state index in [4.69, 9.17) is 0 Å². The van der Waals surface area contributed by atoms with Crippen molar-refractivity contribution in [2.24, 2.45) is 0 Å². The molecule has 1 unspecified atom stereocenters. The lowest BCUT2D eigenvalue weighted by molar-refractivity contribution is 0.284. The number of likely N-dealkylation sites (tertiary alicyclic amines) is 1. The SMILES string of the molecule is CCC.CCN1CCCC1C. The van der Waals surface area contributed by atoms with Crippen LogP contribution in [0, 0.1) is 0 Å². The van der Waals surface area contributed by atoms with Gasteiger partial charge in [0.25, 0.3) is 0 Å². The Kier molecular flexibility index (Phi) is 6.63. The number of nitrogens with zero attached hydrogens (tertiary/aromatic N) is 1. The molecule has 0 aromatic rings. The molecule has 1 aliphatic rings. The molecule has 1 aliphatic heterocycles. The number of hydrogen-bond donors (Lipinski definition) is 0. The van der Waals surface area contributed by atoms with Gasteiger partial charge in [0, 0.05) is 6.04 Å². The molecule has 0 aliphatic carbocycles. The lowest BCUT2D eigenvalue weighted by Gasteiger charge is -2.17. The predicted octanol–water partition coefficient (Wildman–Crippen LogP) is 2.91. The molecule has 1 atom stereocenters. The Hall–Kier alpha value is -0.0400. The molecule has 0 spiro atoms. The van der Waals surface area contributed by atoms with Crippen molar-refractivity contribution in [2.45, 2.75) is 53.0 Å². The fraction of sp³-hybridized carbons (Fsp3) is 1.00. The predicted molar refractivity (Wildman–Crippen MR) is 51.9 cm³/mol. The monoisotopic (exact) mass is 157 g/mol. The van der Waals surface area contributed by atoms with Crippen LogP contribution in [0.5, 0.6) is 0 Å². The van der Waals surface area contributed by atoms with Crippen LogP contribution in [0.1, 0.15) is 47.0 Å². The molecule has 0 aromatic heterocycles. The molecule has 1 fully saturated rings. The fourth-order valence-corrected chi connectivity index (χ4v) is 1.46. The van der Waals surface area contributed by atoms with Crippen molar-refractivity contribution in [3.8, 4) is 0 Å². The average molecular weight is 157 g/mol. The molecule has 1 rings (SSSR count). The molecule has 68 valence electrons. The van der Waals surface area contributed by atoms with E-state index in [1.807, 2.05) is 0 Å². The van der Waals surface area contributed by atoms with E-state index < -0.39 is 0 Å². The quantitative estimate of drug-likeness (QED) is 0.565. The summed E-state index contributed by atoms with van der Waals surface area (Å²) in [5, 5.41) is 0. The normalized spacial score (nSPS) is 24.5. The Labute approximate surface area is 71.8 Å². The Bertz CT molecular complexity index is 80.9. The summed E-state index contributed by atoms with van der Waals surface area (Å²) in [6.07, 6.45) is 4.07. The van der Waals surface area contributed by atoms with E-state index in [1.54, 1.807) is 0 Å². The van der Waals surface area contributed by atoms with E-state index in [9.17, 15) is 0 Å². The van der Waals surface area contributed by atoms with Gasteiger partial charge in [-0.15, -0.1) is 0 Å². The van der Waals surface area contributed by atoms with Crippen molar-refractivity contribution in [3.63, 3.8) is 0 Å². The average Bonchev–Trinajstić information content (AvgIpc) is 2.36. The fourth-order valence-electron chi connectivity index (χ4n) is 1.46. The summed E-state index contributed by atoms with van der Waals surface area (Å²) in [5.74, 6) is 0. The lowest BCUT2D eigenvalue weighted by Crippen LogP contribution is -2.25. The van der Waals surface area contributed by atoms with E-state index >= 15 is 0 Å². The zero-order chi connectivity index (χ0) is 8.69. The topological polar surface area (TPSA) is 3.24 Å². The van der Waals surface area contributed by atoms with E-state index in [0.29, 0.717) is 0 Å². The van der Waals surface area contributed by atoms with Crippen LogP contribution in [0.4, 0.5) is 0 Å². The van der Waals surface area contributed by atoms with Gasteiger partial charge < -0.3 is 4.90 Å². The highest BCUT2D eigenvalue weighted by Crippen LogP contribution is 2.14. The summed E-state index contributed by atoms with van der Waals surface area (Å²) in [6.45, 7) is 11.4. The minimum atomic E-state index is 0.861. The Morgan fingerprint density at radius 3 is 2.00 bits per heavy atom. The van der Waals surface area contributed by atoms with Crippen molar-refractivity contribution >= 4 is 0 Å². The van der Waals surface area contributed by atoms with Gasteiger partial charge in [-0.05, 0) is 32.9 Å². The van der Waals surface area contributed by atoms with Gasteiger partial charge in [-0.1, -0.05) is 27.2 Å². The van der Waals surface area contributed by atoms with Crippen LogP contribution in [-0.4, -0.2) is 24.0 Å². The van der Waals surface area contributed by atoms with E-state index in [-0.39, 0.29) is 0 Å². The molecule has 0 saturated carbocycles. The van der Waals surface area contributed by atoms with Gasteiger partial charge in [0.1, 0.15) is 0 Å². The molecule has 0 N–H and O–H groups in total. The van der Waals surface area contributed by atoms with Crippen molar-refractivity contribution < 1.29 is 0 Å². The van der Waals surface area contributed by atoms with Gasteiger partial charge in [-0.25, -0.2) is 0 Å². The Morgan fingerprint density at radius 2 is 1.82 bits per heavy atom. The van der Waals surface area contributed by atoms with Crippen LogP contribution in [0.25, 0.3) is 0 Å². The molecule has 1 heterocycles. The standard InChI is InChI=1S/C7H15N.C3H8/c1-3-8-6-4-5-7(8)2;1-3-2/h7H,3-6H2,1-2H3;3H2,1-2H3. The van der Waals surface area contributed by atoms with E-state index in [2.05, 4.69) is 32.6 Å². The lowest BCUT2D eigenvalue weighted by atomic mass is 10.2. The minimum absolute atomic E-state index is 0.861. The third-order valence-electron chi connectivity index (χ3n) is 2.10. The van der Waals surface area contributed by atoms with Crippen molar-refractivity contribution in [1.29, 1.82) is 0 Å². The molecule has 1 saturated heterocycles. The number of hydrogen-bond acceptors (Lipinski definition) is 1. The second kappa shape index (κ2) is 6.66. The van der Waals surface area contributed by atoms with Crippen molar-refractivity contribution in [3.05, 3.63) is 0 Å². The maximum absolute atomic E-state index is 2.53. The molecule has 11 heavy (non-hydrogen) atoms. The van der Waals surface area contributed by atoms with Crippen molar-refractivity contribution in [1.82, 2.24) is 4.90 Å². The molecule has 1 heteroatoms. The van der Waals surface area contributed by atoms with Gasteiger partial charge in [-0.2, -0.15) is 0 Å². The second-order valence-corrected chi connectivity index (χ2v) is 3.33. The number of rotatable bonds is 1. The molecule has 0 radical (unpaired) electrons. The molecule has 1 nitrogen and oxygen atoms in total. The summed E-state index contributed by atoms with van der Waals surface area (Å²) in [5.41, 5.74) is 0. The van der Waals surface area contributed by atoms with Gasteiger partial charge in [0.05, 0.1) is 0 Å². The van der Waals surface area contributed by atoms with Crippen LogP contribution < -0.4 is 0 Å².